The number of carbonyl (C=O) groups excluding carboxylic acids is 2. The SMILES string of the molecule is COC(=O)N1c2c(ccc(OC)c2OC)[C@@]23CCN4CCC[C@]5(CC([Se]c6ccccc6)[C@]12[C@](O)(C(=O)OC)C5)[C@]43C#N. The van der Waals surface area contributed by atoms with Gasteiger partial charge in [0.2, 0.25) is 0 Å². The quantitative estimate of drug-likeness (QED) is 0.384. The van der Waals surface area contributed by atoms with E-state index in [1.807, 2.05) is 36.4 Å². The first-order valence-corrected chi connectivity index (χ1v) is 16.4. The Hall–Kier alpha value is -3.29. The molecule has 2 saturated heterocycles. The second kappa shape index (κ2) is 9.35. The van der Waals surface area contributed by atoms with Crippen LogP contribution in [-0.4, -0.2) is 95.2 Å². The fraction of sp³-hybridized carbons (Fsp3) is 0.531. The molecule has 2 aromatic carbocycles. The molecule has 0 radical (unpaired) electrons. The van der Waals surface area contributed by atoms with E-state index in [4.69, 9.17) is 18.9 Å². The average Bonchev–Trinajstić information content (AvgIpc) is 3.53. The number of nitrogens with zero attached hydrogens (tertiary/aromatic N) is 3. The third-order valence-electron chi connectivity index (χ3n) is 11.2. The predicted octanol–water partition coefficient (Wildman–Crippen LogP) is 2.54. The summed E-state index contributed by atoms with van der Waals surface area (Å²) in [4.78, 5) is 32.0. The van der Waals surface area contributed by atoms with Crippen molar-refractivity contribution < 1.29 is 33.6 Å². The maximum absolute atomic E-state index is 14.4. The van der Waals surface area contributed by atoms with Crippen LogP contribution in [0.25, 0.3) is 0 Å². The van der Waals surface area contributed by atoms with Gasteiger partial charge < -0.3 is 0 Å². The van der Waals surface area contributed by atoms with Crippen molar-refractivity contribution in [1.29, 1.82) is 5.26 Å². The molecular weight excluding hydrogens is 617 g/mol. The van der Waals surface area contributed by atoms with Gasteiger partial charge in [0.05, 0.1) is 0 Å². The molecule has 3 heterocycles. The first kappa shape index (κ1) is 28.5. The second-order valence-electron chi connectivity index (χ2n) is 12.3. The fourth-order valence-electron chi connectivity index (χ4n) is 10.3. The van der Waals surface area contributed by atoms with Crippen LogP contribution in [0.1, 0.15) is 37.7 Å². The Labute approximate surface area is 257 Å². The standard InChI is InChI=1S/C32H35N3O7Se/c1-39-22-12-11-21-24(25(22)40-2)35(27(37)42-4)32-23(43-20-9-6-5-7-10-20)17-28(18-30(32,38)26(36)41-3)13-8-15-34-16-14-29(21,32)31(28,34)19-33/h5-7,9-12,23,38H,8,13-18H2,1-4H3/t23?,28-,29-,30-,31+,32+/m1/s1. The molecule has 5 fully saturated rings. The third-order valence-corrected chi connectivity index (χ3v) is 14.0. The molecule has 2 bridgehead atoms. The van der Waals surface area contributed by atoms with Crippen molar-refractivity contribution in [2.45, 2.75) is 59.0 Å². The van der Waals surface area contributed by atoms with E-state index in [0.29, 0.717) is 48.6 Å². The van der Waals surface area contributed by atoms with Crippen molar-refractivity contribution in [2.24, 2.45) is 5.41 Å². The van der Waals surface area contributed by atoms with Gasteiger partial charge in [-0.1, -0.05) is 0 Å². The molecule has 43 heavy (non-hydrogen) atoms. The maximum atomic E-state index is 14.4. The summed E-state index contributed by atoms with van der Waals surface area (Å²) >= 11 is -0.332. The van der Waals surface area contributed by atoms with E-state index in [2.05, 4.69) is 11.0 Å². The molecule has 6 atom stereocenters. The third kappa shape index (κ3) is 2.87. The summed E-state index contributed by atoms with van der Waals surface area (Å²) in [5.41, 5.74) is -5.70. The van der Waals surface area contributed by atoms with Crippen LogP contribution in [0.2, 0.25) is 4.82 Å². The molecule has 1 N–H and O–H groups in total. The number of anilines is 1. The molecule has 8 rings (SSSR count). The minimum atomic E-state index is -2.15. The van der Waals surface area contributed by atoms with Gasteiger partial charge in [0.15, 0.2) is 0 Å². The van der Waals surface area contributed by atoms with E-state index in [9.17, 15) is 20.0 Å². The molecule has 0 aromatic heterocycles. The molecule has 2 aromatic rings. The molecule has 1 unspecified atom stereocenters. The molecule has 1 amide bonds. The van der Waals surface area contributed by atoms with Gasteiger partial charge in [-0.3, -0.25) is 0 Å². The van der Waals surface area contributed by atoms with Crippen molar-refractivity contribution in [3.63, 3.8) is 0 Å². The van der Waals surface area contributed by atoms with Crippen LogP contribution in [0, 0.1) is 16.7 Å². The van der Waals surface area contributed by atoms with Crippen molar-refractivity contribution >= 4 is 37.2 Å². The summed E-state index contributed by atoms with van der Waals surface area (Å²) < 4.78 is 23.7. The molecule has 10 nitrogen and oxygen atoms in total. The summed E-state index contributed by atoms with van der Waals surface area (Å²) in [5, 5.41) is 24.8. The van der Waals surface area contributed by atoms with Gasteiger partial charge in [-0.25, -0.2) is 0 Å². The number of fused-ring (bicyclic) bond motifs is 3. The monoisotopic (exact) mass is 653 g/mol. The van der Waals surface area contributed by atoms with Gasteiger partial charge in [0, 0.05) is 0 Å². The fourth-order valence-corrected chi connectivity index (χ4v) is 13.9. The zero-order valence-electron chi connectivity index (χ0n) is 24.7. The first-order chi connectivity index (χ1) is 20.7. The van der Waals surface area contributed by atoms with E-state index >= 15 is 0 Å². The molecule has 6 aliphatic rings. The number of methoxy groups -OCH3 is 4. The van der Waals surface area contributed by atoms with Crippen LogP contribution in [0.5, 0.6) is 11.5 Å². The van der Waals surface area contributed by atoms with E-state index in [-0.39, 0.29) is 26.2 Å². The molecule has 3 spiro atoms. The predicted molar refractivity (Wildman–Crippen MR) is 157 cm³/mol. The normalized spacial score (nSPS) is 36.7. The molecule has 3 saturated carbocycles. The number of rotatable bonds is 5. The number of esters is 1. The Morgan fingerprint density at radius 3 is 2.44 bits per heavy atom. The van der Waals surface area contributed by atoms with Gasteiger partial charge in [0.25, 0.3) is 0 Å². The number of benzene rings is 2. The molecular formula is C32H35N3O7Se. The van der Waals surface area contributed by atoms with Gasteiger partial charge in [-0.15, -0.1) is 0 Å². The van der Waals surface area contributed by atoms with Crippen molar-refractivity contribution in [1.82, 2.24) is 4.90 Å². The van der Waals surface area contributed by atoms with Crippen LogP contribution < -0.4 is 18.8 Å². The van der Waals surface area contributed by atoms with Gasteiger partial charge in [0.1, 0.15) is 0 Å². The summed E-state index contributed by atoms with van der Waals surface area (Å²) in [6, 6.07) is 16.5. The second-order valence-corrected chi connectivity index (χ2v) is 14.9. The summed E-state index contributed by atoms with van der Waals surface area (Å²) in [6.07, 6.45) is 1.80. The van der Waals surface area contributed by atoms with Crippen LogP contribution in [-0.2, 0) is 19.7 Å². The number of amides is 1. The molecule has 3 aliphatic heterocycles. The summed E-state index contributed by atoms with van der Waals surface area (Å²) in [6.45, 7) is 1.31. The van der Waals surface area contributed by atoms with E-state index in [1.54, 1.807) is 6.07 Å². The van der Waals surface area contributed by atoms with Crippen LogP contribution in [0.15, 0.2) is 42.5 Å². The van der Waals surface area contributed by atoms with E-state index < -0.39 is 39.6 Å². The van der Waals surface area contributed by atoms with Crippen molar-refractivity contribution in [3.05, 3.63) is 48.0 Å². The van der Waals surface area contributed by atoms with Crippen molar-refractivity contribution in [3.8, 4) is 17.6 Å². The number of aliphatic hydroxyl groups is 1. The Kier molecular flexibility index (Phi) is 6.20. The Morgan fingerprint density at radius 2 is 1.79 bits per heavy atom. The number of carbonyl (C=O) groups is 2. The zero-order valence-corrected chi connectivity index (χ0v) is 26.4. The van der Waals surface area contributed by atoms with Crippen molar-refractivity contribution in [2.75, 3.05) is 46.4 Å². The molecule has 11 heteroatoms. The average molecular weight is 653 g/mol. The number of nitriles is 1. The topological polar surface area (TPSA) is 122 Å². The number of hydrogen-bond acceptors (Lipinski definition) is 9. The molecule has 3 aliphatic carbocycles. The molecule has 226 valence electrons. The van der Waals surface area contributed by atoms with Crippen LogP contribution in [0.3, 0.4) is 0 Å². The van der Waals surface area contributed by atoms with Gasteiger partial charge in [-0.2, -0.15) is 0 Å². The zero-order chi connectivity index (χ0) is 30.4. The van der Waals surface area contributed by atoms with Gasteiger partial charge in [-0.05, 0) is 0 Å². The van der Waals surface area contributed by atoms with Crippen LogP contribution in [0.4, 0.5) is 10.5 Å². The Morgan fingerprint density at radius 1 is 1.02 bits per heavy atom. The first-order valence-electron chi connectivity index (χ1n) is 14.6. The minimum absolute atomic E-state index is 0.000780. The van der Waals surface area contributed by atoms with E-state index in [0.717, 1.165) is 17.4 Å². The van der Waals surface area contributed by atoms with Gasteiger partial charge >= 0.3 is 257 Å². The van der Waals surface area contributed by atoms with Crippen LogP contribution >= 0.6 is 0 Å². The Bertz CT molecular complexity index is 1570. The summed E-state index contributed by atoms with van der Waals surface area (Å²) in [7, 11) is 5.59. The number of piperidine rings is 1. The van der Waals surface area contributed by atoms with E-state index in [1.165, 1.54) is 33.3 Å². The summed E-state index contributed by atoms with van der Waals surface area (Å²) in [5.74, 6) is -0.119. The number of hydrogen-bond donors (Lipinski definition) is 1. The number of ether oxygens (including phenoxy) is 4. The Balaban J connectivity index is 1.69.